The number of amides is 2. The van der Waals surface area contributed by atoms with E-state index in [2.05, 4.69) is 48.1 Å². The third kappa shape index (κ3) is 6.39. The molecule has 0 unspecified atom stereocenters. The van der Waals surface area contributed by atoms with Crippen LogP contribution in [0, 0.1) is 12.7 Å². The molecule has 8 nitrogen and oxygen atoms in total. The molecule has 218 valence electrons. The highest BCUT2D eigenvalue weighted by Crippen LogP contribution is 2.34. The lowest BCUT2D eigenvalue weighted by Crippen LogP contribution is -2.54. The van der Waals surface area contributed by atoms with Gasteiger partial charge >= 0.3 is 6.09 Å². The monoisotopic (exact) mass is 561 g/mol. The number of aromatic nitrogens is 2. The van der Waals surface area contributed by atoms with Crippen molar-refractivity contribution in [1.29, 1.82) is 0 Å². The van der Waals surface area contributed by atoms with Crippen LogP contribution in [0.15, 0.2) is 54.7 Å². The van der Waals surface area contributed by atoms with Crippen molar-refractivity contribution in [3.8, 4) is 5.69 Å². The first kappa shape index (κ1) is 28.6. The first-order chi connectivity index (χ1) is 19.5. The molecular formula is C32H40FN5O3. The van der Waals surface area contributed by atoms with Gasteiger partial charge in [-0.05, 0) is 89.4 Å². The van der Waals surface area contributed by atoms with Crippen molar-refractivity contribution in [3.63, 3.8) is 0 Å². The molecule has 2 amide bonds. The molecule has 3 heterocycles. The predicted octanol–water partition coefficient (Wildman–Crippen LogP) is 5.79. The predicted molar refractivity (Wildman–Crippen MR) is 157 cm³/mol. The van der Waals surface area contributed by atoms with Crippen molar-refractivity contribution in [2.45, 2.75) is 65.0 Å². The summed E-state index contributed by atoms with van der Waals surface area (Å²) in [5, 5.41) is 4.63. The molecule has 2 fully saturated rings. The Morgan fingerprint density at radius 3 is 2.29 bits per heavy atom. The second-order valence-corrected chi connectivity index (χ2v) is 12.2. The van der Waals surface area contributed by atoms with Gasteiger partial charge in [-0.1, -0.05) is 12.1 Å². The number of nitrogens with zero attached hydrogens (tertiary/aromatic N) is 5. The Kier molecular flexibility index (Phi) is 8.07. The molecule has 0 saturated carbocycles. The normalized spacial score (nSPS) is 18.5. The van der Waals surface area contributed by atoms with E-state index in [9.17, 15) is 14.0 Å². The summed E-state index contributed by atoms with van der Waals surface area (Å²) in [4.78, 5) is 32.7. The van der Waals surface area contributed by atoms with Crippen LogP contribution in [-0.4, -0.2) is 75.9 Å². The summed E-state index contributed by atoms with van der Waals surface area (Å²) in [5.41, 5.74) is 3.91. The minimum Gasteiger partial charge on any atom is -0.444 e. The number of aryl methyl sites for hydroxylation is 1. The largest absolute Gasteiger partial charge is 0.444 e. The molecule has 2 saturated heterocycles. The summed E-state index contributed by atoms with van der Waals surface area (Å²) in [7, 11) is 0. The van der Waals surface area contributed by atoms with Crippen molar-refractivity contribution >= 4 is 17.7 Å². The summed E-state index contributed by atoms with van der Waals surface area (Å²) < 4.78 is 21.1. The fraction of sp³-hybridized carbons (Fsp3) is 0.469. The average Bonchev–Trinajstić information content (AvgIpc) is 3.37. The number of hydrogen-bond donors (Lipinski definition) is 0. The Labute approximate surface area is 241 Å². The van der Waals surface area contributed by atoms with Crippen LogP contribution >= 0.6 is 0 Å². The van der Waals surface area contributed by atoms with Gasteiger partial charge in [0.05, 0.1) is 23.1 Å². The van der Waals surface area contributed by atoms with Crippen LogP contribution in [0.25, 0.3) is 5.69 Å². The topological polar surface area (TPSA) is 70.9 Å². The van der Waals surface area contributed by atoms with Gasteiger partial charge in [0.25, 0.3) is 5.91 Å². The van der Waals surface area contributed by atoms with Gasteiger partial charge < -0.3 is 19.4 Å². The summed E-state index contributed by atoms with van der Waals surface area (Å²) in [6.07, 6.45) is 2.67. The van der Waals surface area contributed by atoms with E-state index in [-0.39, 0.29) is 29.8 Å². The van der Waals surface area contributed by atoms with Crippen LogP contribution in [0.1, 0.15) is 68.1 Å². The smallest absolute Gasteiger partial charge is 0.410 e. The maximum absolute atomic E-state index is 14.0. The molecule has 5 rings (SSSR count). The van der Waals surface area contributed by atoms with E-state index in [4.69, 9.17) is 4.74 Å². The summed E-state index contributed by atoms with van der Waals surface area (Å²) >= 11 is 0. The number of likely N-dealkylation sites (tertiary alicyclic amines) is 1. The molecule has 0 spiro atoms. The number of benzene rings is 2. The van der Waals surface area contributed by atoms with Gasteiger partial charge in [0.15, 0.2) is 0 Å². The van der Waals surface area contributed by atoms with Gasteiger partial charge in [0, 0.05) is 50.4 Å². The second-order valence-electron chi connectivity index (χ2n) is 12.2. The van der Waals surface area contributed by atoms with Crippen LogP contribution in [0.4, 0.5) is 14.9 Å². The van der Waals surface area contributed by atoms with Crippen LogP contribution in [-0.2, 0) is 4.74 Å². The zero-order valence-corrected chi connectivity index (χ0v) is 24.6. The van der Waals surface area contributed by atoms with Crippen LogP contribution in [0.5, 0.6) is 0 Å². The Bertz CT molecular complexity index is 1390. The van der Waals surface area contributed by atoms with Crippen molar-refractivity contribution < 1.29 is 18.7 Å². The Morgan fingerprint density at radius 1 is 0.951 bits per heavy atom. The lowest BCUT2D eigenvalue weighted by molar-refractivity contribution is 0.0203. The Balaban J connectivity index is 1.38. The lowest BCUT2D eigenvalue weighted by atomic mass is 9.90. The molecular weight excluding hydrogens is 521 g/mol. The molecule has 0 aliphatic carbocycles. The third-order valence-electron chi connectivity index (χ3n) is 7.89. The molecule has 41 heavy (non-hydrogen) atoms. The number of hydrogen-bond acceptors (Lipinski definition) is 5. The third-order valence-corrected chi connectivity index (χ3v) is 7.89. The quantitative estimate of drug-likeness (QED) is 0.404. The van der Waals surface area contributed by atoms with Crippen molar-refractivity contribution in [2.24, 2.45) is 0 Å². The van der Waals surface area contributed by atoms with E-state index < -0.39 is 5.60 Å². The van der Waals surface area contributed by atoms with Gasteiger partial charge in [-0.25, -0.2) is 13.9 Å². The highest BCUT2D eigenvalue weighted by atomic mass is 19.1. The van der Waals surface area contributed by atoms with Gasteiger partial charge in [0.2, 0.25) is 0 Å². The Hall–Kier alpha value is -3.88. The summed E-state index contributed by atoms with van der Waals surface area (Å²) in [5.74, 6) is -0.366. The Morgan fingerprint density at radius 2 is 1.66 bits per heavy atom. The number of ether oxygens (including phenoxy) is 1. The minimum atomic E-state index is -0.560. The number of anilines is 1. The molecule has 1 aromatic heterocycles. The number of halogens is 1. The van der Waals surface area contributed by atoms with Gasteiger partial charge in [-0.2, -0.15) is 5.10 Å². The molecule has 1 atom stereocenters. The fourth-order valence-corrected chi connectivity index (χ4v) is 5.87. The van der Waals surface area contributed by atoms with E-state index in [0.29, 0.717) is 50.3 Å². The lowest BCUT2D eigenvalue weighted by Gasteiger charge is -2.41. The van der Waals surface area contributed by atoms with Gasteiger partial charge in [0.1, 0.15) is 11.4 Å². The van der Waals surface area contributed by atoms with Crippen molar-refractivity contribution in [2.75, 3.05) is 37.6 Å². The van der Waals surface area contributed by atoms with Crippen molar-refractivity contribution in [1.82, 2.24) is 19.6 Å². The van der Waals surface area contributed by atoms with Crippen LogP contribution in [0.3, 0.4) is 0 Å². The maximum atomic E-state index is 14.0. The van der Waals surface area contributed by atoms with Crippen LogP contribution < -0.4 is 4.90 Å². The van der Waals surface area contributed by atoms with Gasteiger partial charge in [-0.3, -0.25) is 4.79 Å². The highest BCUT2D eigenvalue weighted by molar-refractivity contribution is 5.95. The molecule has 2 aromatic carbocycles. The molecule has 3 aromatic rings. The summed E-state index contributed by atoms with van der Waals surface area (Å²) in [6.45, 7) is 12.8. The van der Waals surface area contributed by atoms with E-state index >= 15 is 0 Å². The minimum absolute atomic E-state index is 0.00574. The number of piperazine rings is 1. The number of carbonyl (C=O) groups is 2. The highest BCUT2D eigenvalue weighted by Gasteiger charge is 2.35. The van der Waals surface area contributed by atoms with Crippen molar-refractivity contribution in [3.05, 3.63) is 77.4 Å². The maximum Gasteiger partial charge on any atom is 0.410 e. The molecule has 0 radical (unpaired) electrons. The summed E-state index contributed by atoms with van der Waals surface area (Å²) in [6, 6.07) is 14.8. The van der Waals surface area contributed by atoms with E-state index in [1.165, 1.54) is 23.4 Å². The first-order valence-corrected chi connectivity index (χ1v) is 14.4. The molecule has 0 bridgehead atoms. The number of piperidine rings is 1. The van der Waals surface area contributed by atoms with E-state index in [0.717, 1.165) is 12.2 Å². The zero-order valence-electron chi connectivity index (χ0n) is 24.6. The zero-order chi connectivity index (χ0) is 29.3. The second kappa shape index (κ2) is 11.5. The SMILES string of the molecule is Cc1cccc(N2CCN(C(=O)c3cnn(-c4ccc(F)cc4)c3C3CCN(C(=O)OC(C)(C)C)CC3)C[C@H]2C)c1. The molecule has 2 aliphatic rings. The number of carbonyl (C=O) groups excluding carboxylic acids is 2. The molecule has 9 heteroatoms. The molecule has 0 N–H and O–H groups in total. The molecule has 2 aliphatic heterocycles. The fourth-order valence-electron chi connectivity index (χ4n) is 5.87. The standard InChI is InChI=1S/C32H40FN5O3/c1-22-7-6-8-27(19-22)37-18-17-36(21-23(37)2)30(39)28-20-34-38(26-11-9-25(33)10-12-26)29(28)24-13-15-35(16-14-24)31(40)41-32(3,4)5/h6-12,19-20,23-24H,13-18,21H2,1-5H3/t23-/m1/s1. The van der Waals surface area contributed by atoms with Gasteiger partial charge in [-0.15, -0.1) is 0 Å². The average molecular weight is 562 g/mol. The number of rotatable bonds is 4. The van der Waals surface area contributed by atoms with E-state index in [1.54, 1.807) is 27.9 Å². The van der Waals surface area contributed by atoms with E-state index in [1.807, 2.05) is 25.7 Å². The first-order valence-electron chi connectivity index (χ1n) is 14.4. The van der Waals surface area contributed by atoms with Crippen LogP contribution in [0.2, 0.25) is 0 Å².